The van der Waals surface area contributed by atoms with Crippen LogP contribution in [0.1, 0.15) is 12.8 Å². The van der Waals surface area contributed by atoms with E-state index in [9.17, 15) is 9.18 Å². The predicted molar refractivity (Wildman–Crippen MR) is 51.3 cm³/mol. The number of hydrogen-bond donors (Lipinski definition) is 0. The summed E-state index contributed by atoms with van der Waals surface area (Å²) in [5.41, 5.74) is 0. The zero-order chi connectivity index (χ0) is 10.8. The van der Waals surface area contributed by atoms with Gasteiger partial charge in [0.1, 0.15) is 5.75 Å². The summed E-state index contributed by atoms with van der Waals surface area (Å²) in [5, 5.41) is 0. The Balaban J connectivity index is 2.08. The van der Waals surface area contributed by atoms with Crippen LogP contribution in [0.5, 0.6) is 11.5 Å². The summed E-state index contributed by atoms with van der Waals surface area (Å²) < 4.78 is 22.9. The van der Waals surface area contributed by atoms with E-state index in [0.717, 1.165) is 18.9 Å². The average molecular weight is 210 g/mol. The monoisotopic (exact) mass is 210 g/mol. The molecule has 0 unspecified atom stereocenters. The summed E-state index contributed by atoms with van der Waals surface area (Å²) in [7, 11) is 1.38. The van der Waals surface area contributed by atoms with Gasteiger partial charge in [-0.15, -0.1) is 0 Å². The van der Waals surface area contributed by atoms with Crippen molar-refractivity contribution in [2.45, 2.75) is 12.8 Å². The molecule has 0 amide bonds. The number of carbonyl (C=O) groups is 1. The molecule has 0 atom stereocenters. The minimum Gasteiger partial charge on any atom is -0.494 e. The van der Waals surface area contributed by atoms with Crippen molar-refractivity contribution in [3.05, 3.63) is 24.0 Å². The molecule has 1 aromatic rings. The quantitative estimate of drug-likeness (QED) is 0.566. The molecule has 0 N–H and O–H groups in total. The van der Waals surface area contributed by atoms with Crippen molar-refractivity contribution in [1.29, 1.82) is 0 Å². The Morgan fingerprint density at radius 3 is 2.73 bits per heavy atom. The Labute approximate surface area is 86.8 Å². The van der Waals surface area contributed by atoms with Crippen LogP contribution in [0.2, 0.25) is 0 Å². The van der Waals surface area contributed by atoms with E-state index >= 15 is 0 Å². The maximum atomic E-state index is 13.2. The molecule has 0 heterocycles. The lowest BCUT2D eigenvalue weighted by atomic mass is 10.3. The highest BCUT2D eigenvalue weighted by Crippen LogP contribution is 2.31. The van der Waals surface area contributed by atoms with Crippen molar-refractivity contribution in [3.63, 3.8) is 0 Å². The average Bonchev–Trinajstić information content (AvgIpc) is 3.01. The zero-order valence-electron chi connectivity index (χ0n) is 8.33. The van der Waals surface area contributed by atoms with Crippen molar-refractivity contribution in [2.24, 2.45) is 5.92 Å². The molecule has 80 valence electrons. The maximum absolute atomic E-state index is 13.2. The molecule has 1 fully saturated rings. The molecule has 0 aliphatic heterocycles. The van der Waals surface area contributed by atoms with Crippen LogP contribution < -0.4 is 9.47 Å². The van der Waals surface area contributed by atoms with Gasteiger partial charge in [0.05, 0.1) is 13.0 Å². The van der Waals surface area contributed by atoms with Gasteiger partial charge in [-0.2, -0.15) is 0 Å². The molecule has 1 saturated carbocycles. The summed E-state index contributed by atoms with van der Waals surface area (Å²) in [5.74, 6) is -0.431. The van der Waals surface area contributed by atoms with Crippen molar-refractivity contribution in [1.82, 2.24) is 0 Å². The predicted octanol–water partition coefficient (Wildman–Crippen LogP) is 2.15. The molecule has 0 saturated heterocycles. The van der Waals surface area contributed by atoms with Gasteiger partial charge in [0.25, 0.3) is 0 Å². The third kappa shape index (κ3) is 2.26. The first-order valence-corrected chi connectivity index (χ1v) is 4.76. The molecule has 0 radical (unpaired) electrons. The number of rotatable bonds is 3. The smallest absolute Gasteiger partial charge is 0.314 e. The topological polar surface area (TPSA) is 35.5 Å². The van der Waals surface area contributed by atoms with Gasteiger partial charge in [0.15, 0.2) is 11.6 Å². The molecular formula is C11H11FO3. The SMILES string of the molecule is COc1ccc(OC(=O)C2CC2)cc1F. The number of carbonyl (C=O) groups excluding carboxylic acids is 1. The highest BCUT2D eigenvalue weighted by atomic mass is 19.1. The van der Waals surface area contributed by atoms with E-state index in [-0.39, 0.29) is 23.4 Å². The zero-order valence-corrected chi connectivity index (χ0v) is 8.33. The minimum atomic E-state index is -0.529. The fraction of sp³-hybridized carbons (Fsp3) is 0.364. The molecule has 0 aromatic heterocycles. The fourth-order valence-electron chi connectivity index (χ4n) is 1.23. The Bertz CT molecular complexity index is 385. The van der Waals surface area contributed by atoms with Crippen molar-refractivity contribution >= 4 is 5.97 Å². The van der Waals surface area contributed by atoms with E-state index in [1.54, 1.807) is 0 Å². The Hall–Kier alpha value is -1.58. The number of hydrogen-bond acceptors (Lipinski definition) is 3. The molecule has 0 spiro atoms. The first-order valence-electron chi connectivity index (χ1n) is 4.76. The number of methoxy groups -OCH3 is 1. The molecule has 1 aliphatic rings. The lowest BCUT2D eigenvalue weighted by Crippen LogP contribution is -2.09. The standard InChI is InChI=1S/C11H11FO3/c1-14-10-5-4-8(6-9(10)12)15-11(13)7-2-3-7/h4-7H,2-3H2,1H3. The third-order valence-corrected chi connectivity index (χ3v) is 2.25. The van der Waals surface area contributed by atoms with Crippen LogP contribution in [0.15, 0.2) is 18.2 Å². The van der Waals surface area contributed by atoms with Crippen LogP contribution in [0.4, 0.5) is 4.39 Å². The number of ether oxygens (including phenoxy) is 2. The van der Waals surface area contributed by atoms with Crippen LogP contribution in [-0.2, 0) is 4.79 Å². The number of benzene rings is 1. The van der Waals surface area contributed by atoms with Crippen LogP contribution in [0.3, 0.4) is 0 Å². The summed E-state index contributed by atoms with van der Waals surface area (Å²) in [6.07, 6.45) is 1.74. The van der Waals surface area contributed by atoms with Gasteiger partial charge < -0.3 is 9.47 Å². The summed E-state index contributed by atoms with van der Waals surface area (Å²) >= 11 is 0. The Kier molecular flexibility index (Phi) is 2.58. The third-order valence-electron chi connectivity index (χ3n) is 2.25. The second-order valence-electron chi connectivity index (χ2n) is 3.49. The van der Waals surface area contributed by atoms with E-state index in [2.05, 4.69) is 0 Å². The first kappa shape index (κ1) is 9.96. The number of esters is 1. The lowest BCUT2D eigenvalue weighted by molar-refractivity contribution is -0.135. The molecule has 1 aliphatic carbocycles. The molecule has 3 nitrogen and oxygen atoms in total. The Morgan fingerprint density at radius 2 is 2.20 bits per heavy atom. The van der Waals surface area contributed by atoms with Gasteiger partial charge >= 0.3 is 5.97 Å². The van der Waals surface area contributed by atoms with E-state index in [0.29, 0.717) is 0 Å². The minimum absolute atomic E-state index is 0.00941. The van der Waals surface area contributed by atoms with Crippen LogP contribution in [0, 0.1) is 11.7 Å². The molecule has 1 aromatic carbocycles. The molecule has 0 bridgehead atoms. The second kappa shape index (κ2) is 3.88. The Morgan fingerprint density at radius 1 is 1.47 bits per heavy atom. The molecule has 2 rings (SSSR count). The molecular weight excluding hydrogens is 199 g/mol. The molecule has 15 heavy (non-hydrogen) atoms. The lowest BCUT2D eigenvalue weighted by Gasteiger charge is -2.05. The van der Waals surface area contributed by atoms with Crippen LogP contribution >= 0.6 is 0 Å². The van der Waals surface area contributed by atoms with Gasteiger partial charge in [0, 0.05) is 6.07 Å². The van der Waals surface area contributed by atoms with E-state index < -0.39 is 5.82 Å². The molecule has 4 heteroatoms. The van der Waals surface area contributed by atoms with Crippen molar-refractivity contribution < 1.29 is 18.7 Å². The van der Waals surface area contributed by atoms with E-state index in [1.807, 2.05) is 0 Å². The normalized spacial score (nSPS) is 14.8. The van der Waals surface area contributed by atoms with Crippen LogP contribution in [-0.4, -0.2) is 13.1 Å². The number of halogens is 1. The van der Waals surface area contributed by atoms with Crippen LogP contribution in [0.25, 0.3) is 0 Å². The highest BCUT2D eigenvalue weighted by molar-refractivity contribution is 5.77. The fourth-order valence-corrected chi connectivity index (χ4v) is 1.23. The highest BCUT2D eigenvalue weighted by Gasteiger charge is 2.31. The summed E-state index contributed by atoms with van der Waals surface area (Å²) in [6.45, 7) is 0. The van der Waals surface area contributed by atoms with Crippen molar-refractivity contribution in [2.75, 3.05) is 7.11 Å². The van der Waals surface area contributed by atoms with Crippen molar-refractivity contribution in [3.8, 4) is 11.5 Å². The van der Waals surface area contributed by atoms with Gasteiger partial charge in [0.2, 0.25) is 0 Å². The van der Waals surface area contributed by atoms with E-state index in [1.165, 1.54) is 19.2 Å². The first-order chi connectivity index (χ1) is 7.20. The van der Waals surface area contributed by atoms with E-state index in [4.69, 9.17) is 9.47 Å². The largest absolute Gasteiger partial charge is 0.494 e. The van der Waals surface area contributed by atoms with Gasteiger partial charge in [-0.3, -0.25) is 4.79 Å². The van der Waals surface area contributed by atoms with Gasteiger partial charge in [-0.1, -0.05) is 0 Å². The summed E-state index contributed by atoms with van der Waals surface area (Å²) in [4.78, 5) is 11.3. The summed E-state index contributed by atoms with van der Waals surface area (Å²) in [6, 6.07) is 4.10. The second-order valence-corrected chi connectivity index (χ2v) is 3.49. The van der Waals surface area contributed by atoms with Gasteiger partial charge in [-0.25, -0.2) is 4.39 Å². The van der Waals surface area contributed by atoms with Gasteiger partial charge in [-0.05, 0) is 25.0 Å². The maximum Gasteiger partial charge on any atom is 0.314 e.